The summed E-state index contributed by atoms with van der Waals surface area (Å²) in [6.07, 6.45) is 0. The van der Waals surface area contributed by atoms with E-state index in [0.717, 1.165) is 22.7 Å². The molecule has 0 N–H and O–H groups in total. The van der Waals surface area contributed by atoms with Gasteiger partial charge in [0.25, 0.3) is 0 Å². The number of anilines is 3. The van der Waals surface area contributed by atoms with Crippen LogP contribution in [0.4, 0.5) is 17.1 Å². The normalized spacial score (nSPS) is 11.7. The molecule has 11 rings (SSSR count). The molecule has 0 saturated carbocycles. The van der Waals surface area contributed by atoms with Gasteiger partial charge in [-0.05, 0) is 96.9 Å². The van der Waals surface area contributed by atoms with Crippen LogP contribution in [-0.4, -0.2) is 12.6 Å². The molecule has 0 unspecified atom stereocenters. The van der Waals surface area contributed by atoms with Gasteiger partial charge in [0.05, 0.1) is 16.7 Å². The molecule has 0 radical (unpaired) electrons. The van der Waals surface area contributed by atoms with Crippen molar-refractivity contribution in [3.05, 3.63) is 243 Å². The van der Waals surface area contributed by atoms with Gasteiger partial charge in [-0.15, -0.1) is 0 Å². The lowest BCUT2D eigenvalue weighted by Gasteiger charge is -2.35. The molecule has 0 fully saturated rings. The monoisotopic (exact) mass is 768 g/mol. The quantitative estimate of drug-likeness (QED) is 0.0849. The maximum atomic E-state index is 2.48. The molecule has 0 aliphatic heterocycles. The second-order valence-corrected chi connectivity index (χ2v) is 19.1. The zero-order chi connectivity index (χ0) is 39.2. The molecule has 0 aliphatic carbocycles. The lowest BCUT2D eigenvalue weighted by atomic mass is 10.0. The highest BCUT2D eigenvalue weighted by Crippen LogP contribution is 2.44. The number of fused-ring (bicyclic) bond motifs is 6. The maximum absolute atomic E-state index is 2.72. The van der Waals surface area contributed by atoms with E-state index >= 15 is 0 Å². The Morgan fingerprint density at radius 1 is 0.322 bits per heavy atom. The van der Waals surface area contributed by atoms with E-state index in [1.54, 1.807) is 0 Å². The minimum atomic E-state index is -2.72. The van der Waals surface area contributed by atoms with Crippen LogP contribution in [0.3, 0.4) is 0 Å². The number of aromatic nitrogens is 1. The Hall–Kier alpha value is -7.46. The van der Waals surface area contributed by atoms with Crippen molar-refractivity contribution in [3.63, 3.8) is 0 Å². The minimum Gasteiger partial charge on any atom is -0.310 e. The molecule has 278 valence electrons. The van der Waals surface area contributed by atoms with Crippen LogP contribution in [0.15, 0.2) is 243 Å². The van der Waals surface area contributed by atoms with Crippen molar-refractivity contribution in [1.82, 2.24) is 4.57 Å². The Balaban J connectivity index is 1.19. The van der Waals surface area contributed by atoms with Crippen LogP contribution in [0.5, 0.6) is 0 Å². The molecule has 0 bridgehead atoms. The Kier molecular flexibility index (Phi) is 8.53. The van der Waals surface area contributed by atoms with E-state index in [2.05, 4.69) is 252 Å². The van der Waals surface area contributed by atoms with Gasteiger partial charge < -0.3 is 9.47 Å². The van der Waals surface area contributed by atoms with Gasteiger partial charge in [-0.2, -0.15) is 0 Å². The highest BCUT2D eigenvalue weighted by Gasteiger charge is 2.41. The zero-order valence-corrected chi connectivity index (χ0v) is 33.5. The van der Waals surface area contributed by atoms with E-state index in [0.29, 0.717) is 0 Å². The Labute approximate surface area is 345 Å². The lowest BCUT2D eigenvalue weighted by Crippen LogP contribution is -2.74. The van der Waals surface area contributed by atoms with Gasteiger partial charge in [0.1, 0.15) is 0 Å². The number of hydrogen-bond acceptors (Lipinski definition) is 1. The van der Waals surface area contributed by atoms with E-state index in [-0.39, 0.29) is 0 Å². The summed E-state index contributed by atoms with van der Waals surface area (Å²) in [6, 6.07) is 89.5. The predicted molar refractivity (Wildman–Crippen MR) is 254 cm³/mol. The Morgan fingerprint density at radius 3 is 1.44 bits per heavy atom. The third kappa shape index (κ3) is 5.70. The van der Waals surface area contributed by atoms with Crippen LogP contribution in [-0.2, 0) is 0 Å². The molecule has 0 spiro atoms. The second kappa shape index (κ2) is 14.5. The molecule has 0 aliphatic rings. The van der Waals surface area contributed by atoms with Crippen molar-refractivity contribution in [2.24, 2.45) is 0 Å². The maximum Gasteiger partial charge on any atom is 0.179 e. The van der Waals surface area contributed by atoms with Crippen molar-refractivity contribution in [2.45, 2.75) is 0 Å². The summed E-state index contributed by atoms with van der Waals surface area (Å²) in [5.41, 5.74) is 6.86. The summed E-state index contributed by atoms with van der Waals surface area (Å²) >= 11 is 0. The first-order valence-electron chi connectivity index (χ1n) is 20.4. The molecule has 1 heterocycles. The van der Waals surface area contributed by atoms with Gasteiger partial charge in [0, 0.05) is 27.8 Å². The van der Waals surface area contributed by atoms with E-state index < -0.39 is 8.07 Å². The molecule has 0 atom stereocenters. The summed E-state index contributed by atoms with van der Waals surface area (Å²) in [5.74, 6) is 0. The van der Waals surface area contributed by atoms with Gasteiger partial charge >= 0.3 is 0 Å². The molecule has 0 amide bonds. The standard InChI is InChI=1S/C56H40N2Si/c1-5-19-43(20-6-1)58-53-29-16-15-28-51(53)56-54(30-17-31-55(56)58)57(45-35-34-42-33-32-41-18-13-14-27-50(41)52(42)40-45)44-36-38-49(39-37-44)59(46-21-7-2-8-22-46,47-23-9-3-10-24-47)48-25-11-4-12-26-48/h1-40H. The van der Waals surface area contributed by atoms with E-state index in [4.69, 9.17) is 0 Å². The van der Waals surface area contributed by atoms with Crippen LogP contribution in [0.1, 0.15) is 0 Å². The van der Waals surface area contributed by atoms with Gasteiger partial charge in [-0.1, -0.05) is 188 Å². The van der Waals surface area contributed by atoms with Gasteiger partial charge in [-0.25, -0.2) is 0 Å². The third-order valence-corrected chi connectivity index (χ3v) is 16.9. The van der Waals surface area contributed by atoms with Crippen LogP contribution < -0.4 is 25.6 Å². The molecular weight excluding hydrogens is 729 g/mol. The fraction of sp³-hybridized carbons (Fsp3) is 0. The Morgan fingerprint density at radius 2 is 0.797 bits per heavy atom. The van der Waals surface area contributed by atoms with Crippen molar-refractivity contribution < 1.29 is 0 Å². The molecule has 3 heteroatoms. The largest absolute Gasteiger partial charge is 0.310 e. The van der Waals surface area contributed by atoms with E-state index in [1.165, 1.54) is 64.1 Å². The fourth-order valence-electron chi connectivity index (χ4n) is 9.52. The average molecular weight is 769 g/mol. The average Bonchev–Trinajstić information content (AvgIpc) is 3.66. The molecule has 11 aromatic rings. The van der Waals surface area contributed by atoms with Gasteiger partial charge in [0.15, 0.2) is 8.07 Å². The number of hydrogen-bond donors (Lipinski definition) is 0. The van der Waals surface area contributed by atoms with Crippen molar-refractivity contribution >= 4 is 89.2 Å². The lowest BCUT2D eigenvalue weighted by molar-refractivity contribution is 1.18. The molecule has 59 heavy (non-hydrogen) atoms. The fourth-order valence-corrected chi connectivity index (χ4v) is 14.3. The van der Waals surface area contributed by atoms with Crippen LogP contribution in [0.2, 0.25) is 0 Å². The smallest absolute Gasteiger partial charge is 0.179 e. The highest BCUT2D eigenvalue weighted by molar-refractivity contribution is 7.19. The van der Waals surface area contributed by atoms with E-state index in [1.807, 2.05) is 0 Å². The van der Waals surface area contributed by atoms with Gasteiger partial charge in [0.2, 0.25) is 0 Å². The first-order valence-corrected chi connectivity index (χ1v) is 22.4. The number of para-hydroxylation sites is 2. The second-order valence-electron chi connectivity index (χ2n) is 15.3. The topological polar surface area (TPSA) is 8.17 Å². The van der Waals surface area contributed by atoms with Crippen LogP contribution in [0, 0.1) is 0 Å². The Bertz CT molecular complexity index is 3150. The number of benzene rings is 10. The first-order chi connectivity index (χ1) is 29.3. The third-order valence-electron chi connectivity index (χ3n) is 12.1. The summed E-state index contributed by atoms with van der Waals surface area (Å²) in [7, 11) is -2.72. The summed E-state index contributed by atoms with van der Waals surface area (Å²) in [6.45, 7) is 0. The SMILES string of the molecule is c1ccc(-n2c3ccccc3c3c(N(c4ccc([Si](c5ccccc5)(c5ccccc5)c5ccccc5)cc4)c4ccc5ccc6ccccc6c5c4)cccc32)cc1. The minimum absolute atomic E-state index is 1.11. The van der Waals surface area contributed by atoms with Crippen molar-refractivity contribution in [3.8, 4) is 5.69 Å². The molecular formula is C56H40N2Si. The molecule has 0 saturated heterocycles. The van der Waals surface area contributed by atoms with Crippen molar-refractivity contribution in [1.29, 1.82) is 0 Å². The summed E-state index contributed by atoms with van der Waals surface area (Å²) < 4.78 is 2.41. The van der Waals surface area contributed by atoms with Gasteiger partial charge in [-0.3, -0.25) is 0 Å². The predicted octanol–water partition coefficient (Wildman–Crippen LogP) is 11.9. The molecule has 1 aromatic heterocycles. The number of rotatable bonds is 8. The first kappa shape index (κ1) is 34.8. The molecule has 2 nitrogen and oxygen atoms in total. The summed E-state index contributed by atoms with van der Waals surface area (Å²) in [4.78, 5) is 2.48. The highest BCUT2D eigenvalue weighted by atomic mass is 28.3. The van der Waals surface area contributed by atoms with Crippen LogP contribution >= 0.6 is 0 Å². The van der Waals surface area contributed by atoms with Crippen molar-refractivity contribution in [2.75, 3.05) is 4.90 Å². The molecule has 10 aromatic carbocycles. The van der Waals surface area contributed by atoms with E-state index in [9.17, 15) is 0 Å². The summed E-state index contributed by atoms with van der Waals surface area (Å²) in [5, 5.41) is 12.8. The van der Waals surface area contributed by atoms with Crippen LogP contribution in [0.25, 0.3) is 49.0 Å². The number of nitrogens with zero attached hydrogens (tertiary/aromatic N) is 2. The zero-order valence-electron chi connectivity index (χ0n) is 32.5.